The minimum Gasteiger partial charge on any atom is -0.233 e. The van der Waals surface area contributed by atoms with Crippen LogP contribution in [0.2, 0.25) is 0 Å². The van der Waals surface area contributed by atoms with Crippen LogP contribution in [0.1, 0.15) is 11.1 Å². The van der Waals surface area contributed by atoms with E-state index in [9.17, 15) is 10.4 Å². The van der Waals surface area contributed by atoms with Gasteiger partial charge in [0.25, 0.3) is 0 Å². The molecule has 0 saturated heterocycles. The smallest absolute Gasteiger partial charge is 0.0686 e. The first-order valence-electron chi connectivity index (χ1n) is 3.56. The molecule has 2 radical (unpaired) electrons. The highest BCUT2D eigenvalue weighted by Gasteiger charge is 2.03. The number of benzene rings is 1. The molecule has 4 nitrogen and oxygen atoms in total. The minimum absolute atomic E-state index is 0.430. The van der Waals surface area contributed by atoms with Crippen LogP contribution in [0.3, 0.4) is 0 Å². The minimum atomic E-state index is 0.430. The summed E-state index contributed by atoms with van der Waals surface area (Å²) in [5.74, 6) is 0. The van der Waals surface area contributed by atoms with Gasteiger partial charge in [-0.1, -0.05) is 16.5 Å². The van der Waals surface area contributed by atoms with Crippen LogP contribution in [0.15, 0.2) is 12.1 Å². The molecule has 2 N–H and O–H groups in total. The number of hydrogen-bond acceptors (Lipinski definition) is 2. The maximum absolute atomic E-state index is 10.4. The van der Waals surface area contributed by atoms with Gasteiger partial charge in [-0.15, -0.1) is 0 Å². The van der Waals surface area contributed by atoms with E-state index in [0.29, 0.717) is 11.4 Å². The summed E-state index contributed by atoms with van der Waals surface area (Å²) < 4.78 is 0. The molecule has 0 heterocycles. The van der Waals surface area contributed by atoms with Crippen LogP contribution in [0, 0.1) is 13.8 Å². The van der Waals surface area contributed by atoms with Crippen molar-refractivity contribution in [2.24, 2.45) is 0 Å². The average Bonchev–Trinajstić information content (AvgIpc) is 2.05. The van der Waals surface area contributed by atoms with E-state index in [-0.39, 0.29) is 0 Å². The van der Waals surface area contributed by atoms with Crippen LogP contribution in [0.25, 0.3) is 0 Å². The summed E-state index contributed by atoms with van der Waals surface area (Å²) in [5.41, 5.74) is 6.07. The van der Waals surface area contributed by atoms with Gasteiger partial charge in [-0.05, 0) is 31.0 Å². The first kappa shape index (κ1) is 8.83. The predicted molar refractivity (Wildman–Crippen MR) is 44.5 cm³/mol. The molecular formula is C8H10N2O2. The van der Waals surface area contributed by atoms with Gasteiger partial charge in [-0.3, -0.25) is 0 Å². The molecule has 1 rings (SSSR count). The Hall–Kier alpha value is -1.26. The number of nitrogens with one attached hydrogen (secondary N) is 2. The maximum Gasteiger partial charge on any atom is 0.0686 e. The number of anilines is 2. The highest BCUT2D eigenvalue weighted by Crippen LogP contribution is 2.23. The van der Waals surface area contributed by atoms with Crippen LogP contribution in [-0.4, -0.2) is 0 Å². The third-order valence-corrected chi connectivity index (χ3v) is 1.79. The Balaban J connectivity index is 3.18. The van der Waals surface area contributed by atoms with Crippen LogP contribution in [-0.2, 0) is 10.4 Å². The van der Waals surface area contributed by atoms with Gasteiger partial charge in [0, 0.05) is 0 Å². The zero-order chi connectivity index (χ0) is 9.14. The molecule has 1 aromatic rings. The van der Waals surface area contributed by atoms with Crippen molar-refractivity contribution < 1.29 is 10.4 Å². The fourth-order valence-electron chi connectivity index (χ4n) is 1.07. The average molecular weight is 166 g/mol. The SMILES string of the molecule is Cc1cc(C)c(N[O])cc1N[O]. The fourth-order valence-corrected chi connectivity index (χ4v) is 1.07. The second-order valence-corrected chi connectivity index (χ2v) is 2.69. The molecule has 1 aromatic carbocycles. The van der Waals surface area contributed by atoms with E-state index in [1.54, 1.807) is 17.0 Å². The first-order valence-corrected chi connectivity index (χ1v) is 3.56. The predicted octanol–water partition coefficient (Wildman–Crippen LogP) is 1.82. The molecule has 0 fully saturated rings. The summed E-state index contributed by atoms with van der Waals surface area (Å²) in [6.07, 6.45) is 0. The third-order valence-electron chi connectivity index (χ3n) is 1.79. The standard InChI is InChI=1S/C8H10N2O2/c1-5-3-6(2)8(10-12)4-7(5)9-11/h3-4,9-10H,1-2H3. The Morgan fingerprint density at radius 3 is 1.67 bits per heavy atom. The highest BCUT2D eigenvalue weighted by molar-refractivity contribution is 5.63. The molecule has 0 amide bonds. The van der Waals surface area contributed by atoms with E-state index in [1.165, 1.54) is 6.07 Å². The van der Waals surface area contributed by atoms with E-state index in [2.05, 4.69) is 0 Å². The van der Waals surface area contributed by atoms with Gasteiger partial charge < -0.3 is 0 Å². The zero-order valence-electron chi connectivity index (χ0n) is 6.97. The lowest BCUT2D eigenvalue weighted by Gasteiger charge is -2.07. The second-order valence-electron chi connectivity index (χ2n) is 2.69. The molecule has 4 heteroatoms. The van der Waals surface area contributed by atoms with Gasteiger partial charge in [-0.25, -0.2) is 11.0 Å². The maximum atomic E-state index is 10.4. The van der Waals surface area contributed by atoms with E-state index >= 15 is 0 Å². The molecule has 0 aliphatic heterocycles. The van der Waals surface area contributed by atoms with Gasteiger partial charge in [0.05, 0.1) is 11.4 Å². The zero-order valence-corrected chi connectivity index (χ0v) is 6.97. The second kappa shape index (κ2) is 3.42. The molecule has 0 saturated carbocycles. The molecule has 0 aliphatic rings. The molecule has 0 spiro atoms. The lowest BCUT2D eigenvalue weighted by Crippen LogP contribution is -1.96. The summed E-state index contributed by atoms with van der Waals surface area (Å²) >= 11 is 0. The van der Waals surface area contributed by atoms with Crippen molar-refractivity contribution in [3.05, 3.63) is 23.3 Å². The van der Waals surface area contributed by atoms with Crippen LogP contribution in [0.4, 0.5) is 11.4 Å². The Kier molecular flexibility index (Phi) is 2.52. The molecule has 64 valence electrons. The highest BCUT2D eigenvalue weighted by atomic mass is 16.5. The summed E-state index contributed by atoms with van der Waals surface area (Å²) in [6.45, 7) is 3.61. The molecule has 12 heavy (non-hydrogen) atoms. The first-order chi connectivity index (χ1) is 5.69. The van der Waals surface area contributed by atoms with Crippen molar-refractivity contribution in [1.29, 1.82) is 0 Å². The Morgan fingerprint density at radius 2 is 1.33 bits per heavy atom. The summed E-state index contributed by atoms with van der Waals surface area (Å²) in [7, 11) is 0. The van der Waals surface area contributed by atoms with Crippen molar-refractivity contribution >= 4 is 11.4 Å². The molecular weight excluding hydrogens is 156 g/mol. The van der Waals surface area contributed by atoms with E-state index in [0.717, 1.165) is 11.1 Å². The molecule has 0 bridgehead atoms. The quantitative estimate of drug-likeness (QED) is 0.658. The van der Waals surface area contributed by atoms with Crippen LogP contribution in [0.5, 0.6) is 0 Å². The number of aryl methyl sites for hydroxylation is 2. The summed E-state index contributed by atoms with van der Waals surface area (Å²) in [5, 5.41) is 20.7. The van der Waals surface area contributed by atoms with Crippen molar-refractivity contribution in [3.8, 4) is 0 Å². The lowest BCUT2D eigenvalue weighted by atomic mass is 10.1. The monoisotopic (exact) mass is 166 g/mol. The molecule has 0 atom stereocenters. The van der Waals surface area contributed by atoms with Crippen molar-refractivity contribution in [1.82, 2.24) is 0 Å². The Bertz CT molecular complexity index is 261. The van der Waals surface area contributed by atoms with Crippen LogP contribution >= 0.6 is 0 Å². The normalized spacial score (nSPS) is 9.67. The van der Waals surface area contributed by atoms with Gasteiger partial charge in [0.1, 0.15) is 0 Å². The van der Waals surface area contributed by atoms with Gasteiger partial charge in [0.15, 0.2) is 0 Å². The van der Waals surface area contributed by atoms with Crippen molar-refractivity contribution in [3.63, 3.8) is 0 Å². The largest absolute Gasteiger partial charge is 0.233 e. The summed E-state index contributed by atoms with van der Waals surface area (Å²) in [6, 6.07) is 3.28. The lowest BCUT2D eigenvalue weighted by molar-refractivity contribution is 0.271. The van der Waals surface area contributed by atoms with Gasteiger partial charge >= 0.3 is 0 Å². The number of rotatable bonds is 2. The van der Waals surface area contributed by atoms with Crippen molar-refractivity contribution in [2.75, 3.05) is 11.0 Å². The number of hydrogen-bond donors (Lipinski definition) is 2. The fraction of sp³-hybridized carbons (Fsp3) is 0.250. The van der Waals surface area contributed by atoms with E-state index < -0.39 is 0 Å². The van der Waals surface area contributed by atoms with Gasteiger partial charge in [0.2, 0.25) is 0 Å². The van der Waals surface area contributed by atoms with Gasteiger partial charge in [-0.2, -0.15) is 0 Å². The van der Waals surface area contributed by atoms with E-state index in [4.69, 9.17) is 0 Å². The van der Waals surface area contributed by atoms with Crippen LogP contribution < -0.4 is 11.0 Å². The molecule has 0 unspecified atom stereocenters. The topological polar surface area (TPSA) is 63.9 Å². The third kappa shape index (κ3) is 1.49. The Labute approximate surface area is 70.8 Å². The van der Waals surface area contributed by atoms with E-state index in [1.807, 2.05) is 13.8 Å². The molecule has 0 aromatic heterocycles. The summed E-state index contributed by atoms with van der Waals surface area (Å²) in [4.78, 5) is 0. The Morgan fingerprint density at radius 1 is 0.917 bits per heavy atom. The van der Waals surface area contributed by atoms with Crippen molar-refractivity contribution in [2.45, 2.75) is 13.8 Å². The molecule has 0 aliphatic carbocycles.